The van der Waals surface area contributed by atoms with Gasteiger partial charge in [-0.3, -0.25) is 9.97 Å². The summed E-state index contributed by atoms with van der Waals surface area (Å²) in [6, 6.07) is 1.96. The minimum absolute atomic E-state index is 0.309. The van der Waals surface area contributed by atoms with Crippen molar-refractivity contribution in [3.05, 3.63) is 34.8 Å². The second kappa shape index (κ2) is 6.03. The topological polar surface area (TPSA) is 125 Å². The number of aromatic amines is 3. The van der Waals surface area contributed by atoms with E-state index in [0.717, 1.165) is 54.9 Å². The van der Waals surface area contributed by atoms with E-state index >= 15 is 0 Å². The molecule has 1 aliphatic heterocycles. The molecular weight excluding hydrogens is 334 g/mol. The Balaban J connectivity index is 1.64. The van der Waals surface area contributed by atoms with Crippen LogP contribution in [0.4, 0.5) is 0 Å². The molecule has 26 heavy (non-hydrogen) atoms. The molecule has 4 aromatic rings. The summed E-state index contributed by atoms with van der Waals surface area (Å²) in [5, 5.41) is 0. The average Bonchev–Trinajstić information content (AvgIpc) is 3.26. The maximum absolute atomic E-state index is 11.6. The van der Waals surface area contributed by atoms with Crippen molar-refractivity contribution in [3.63, 3.8) is 0 Å². The van der Waals surface area contributed by atoms with Crippen molar-refractivity contribution in [2.45, 2.75) is 19.3 Å². The molecule has 5 rings (SSSR count). The molecule has 5 heterocycles. The van der Waals surface area contributed by atoms with Gasteiger partial charge >= 0.3 is 5.69 Å². The predicted molar refractivity (Wildman–Crippen MR) is 94.6 cm³/mol. The van der Waals surface area contributed by atoms with Crippen LogP contribution < -0.4 is 5.69 Å². The molecule has 4 aromatic heterocycles. The van der Waals surface area contributed by atoms with Crippen LogP contribution in [0, 0.1) is 5.92 Å². The van der Waals surface area contributed by atoms with E-state index in [1.165, 1.54) is 0 Å². The maximum atomic E-state index is 11.6. The Morgan fingerprint density at radius 3 is 2.77 bits per heavy atom. The lowest BCUT2D eigenvalue weighted by Crippen LogP contribution is -2.18. The van der Waals surface area contributed by atoms with Crippen LogP contribution in [-0.2, 0) is 11.2 Å². The lowest BCUT2D eigenvalue weighted by molar-refractivity contribution is 0.0663. The third-order valence-corrected chi connectivity index (χ3v) is 4.80. The number of imidazole rings is 2. The Morgan fingerprint density at radius 2 is 1.92 bits per heavy atom. The maximum Gasteiger partial charge on any atom is 0.326 e. The first-order valence-corrected chi connectivity index (χ1v) is 8.62. The van der Waals surface area contributed by atoms with E-state index in [4.69, 9.17) is 9.72 Å². The monoisotopic (exact) mass is 351 g/mol. The van der Waals surface area contributed by atoms with Crippen molar-refractivity contribution in [2.75, 3.05) is 13.2 Å². The van der Waals surface area contributed by atoms with Crippen LogP contribution in [-0.4, -0.2) is 48.1 Å². The first-order valence-electron chi connectivity index (χ1n) is 8.62. The lowest BCUT2D eigenvalue weighted by atomic mass is 9.93. The number of hydrogen-bond donors (Lipinski definition) is 3. The molecule has 1 saturated heterocycles. The van der Waals surface area contributed by atoms with Gasteiger partial charge in [0.15, 0.2) is 16.9 Å². The fourth-order valence-electron chi connectivity index (χ4n) is 3.45. The molecule has 132 valence electrons. The Kier molecular flexibility index (Phi) is 3.52. The van der Waals surface area contributed by atoms with Crippen LogP contribution in [0.1, 0.15) is 18.5 Å². The second-order valence-electron chi connectivity index (χ2n) is 6.55. The molecule has 9 heteroatoms. The standard InChI is InChI=1S/C17H17N7O2/c25-17-23-15-16(24-17)22-13(10-6-12-14(18-7-10)20-8-19-12)11(21-15)5-9-1-3-26-4-2-9/h6-9H,1-5H2,(H,18,19,20)(H2,21,22,23,24,25). The Bertz CT molecular complexity index is 1140. The van der Waals surface area contributed by atoms with E-state index in [-0.39, 0.29) is 5.69 Å². The van der Waals surface area contributed by atoms with Crippen LogP contribution in [0.2, 0.25) is 0 Å². The highest BCUT2D eigenvalue weighted by Gasteiger charge is 2.20. The SMILES string of the molecule is O=c1[nH]c2nc(CC3CCOCC3)c(-c3cnc4nc[nH]c4c3)nc2[nH]1. The number of nitrogens with zero attached hydrogens (tertiary/aromatic N) is 4. The molecule has 0 aliphatic carbocycles. The molecule has 0 aromatic carbocycles. The zero-order valence-corrected chi connectivity index (χ0v) is 14.0. The molecule has 0 bridgehead atoms. The summed E-state index contributed by atoms with van der Waals surface area (Å²) < 4.78 is 5.46. The smallest absolute Gasteiger partial charge is 0.326 e. The third-order valence-electron chi connectivity index (χ3n) is 4.80. The van der Waals surface area contributed by atoms with E-state index in [0.29, 0.717) is 22.9 Å². The molecule has 0 amide bonds. The van der Waals surface area contributed by atoms with Gasteiger partial charge in [-0.05, 0) is 31.2 Å². The summed E-state index contributed by atoms with van der Waals surface area (Å²) in [6.07, 6.45) is 6.15. The highest BCUT2D eigenvalue weighted by molar-refractivity contribution is 5.79. The van der Waals surface area contributed by atoms with Gasteiger partial charge in [0.2, 0.25) is 0 Å². The highest BCUT2D eigenvalue weighted by Crippen LogP contribution is 2.28. The van der Waals surface area contributed by atoms with Gasteiger partial charge in [-0.15, -0.1) is 0 Å². The first-order chi connectivity index (χ1) is 12.8. The lowest BCUT2D eigenvalue weighted by Gasteiger charge is -2.22. The van der Waals surface area contributed by atoms with Crippen molar-refractivity contribution in [3.8, 4) is 11.3 Å². The number of aromatic nitrogens is 7. The summed E-state index contributed by atoms with van der Waals surface area (Å²) in [4.78, 5) is 38.0. The molecule has 0 spiro atoms. The van der Waals surface area contributed by atoms with Crippen LogP contribution in [0.3, 0.4) is 0 Å². The van der Waals surface area contributed by atoms with Gasteiger partial charge in [-0.25, -0.2) is 24.7 Å². The predicted octanol–water partition coefficient (Wildman–Crippen LogP) is 1.55. The van der Waals surface area contributed by atoms with E-state index < -0.39 is 0 Å². The van der Waals surface area contributed by atoms with Gasteiger partial charge in [0.1, 0.15) is 0 Å². The van der Waals surface area contributed by atoms with Crippen LogP contribution in [0.25, 0.3) is 33.7 Å². The molecule has 1 aliphatic rings. The number of pyridine rings is 1. The van der Waals surface area contributed by atoms with Crippen LogP contribution in [0.5, 0.6) is 0 Å². The largest absolute Gasteiger partial charge is 0.381 e. The molecular formula is C17H17N7O2. The van der Waals surface area contributed by atoms with E-state index in [1.807, 2.05) is 6.07 Å². The Hall–Kier alpha value is -3.07. The normalized spacial score (nSPS) is 15.8. The number of hydrogen-bond acceptors (Lipinski definition) is 6. The highest BCUT2D eigenvalue weighted by atomic mass is 16.5. The minimum atomic E-state index is -0.309. The van der Waals surface area contributed by atoms with Gasteiger partial charge in [0.25, 0.3) is 0 Å². The van der Waals surface area contributed by atoms with Gasteiger partial charge in [0, 0.05) is 25.0 Å². The fourth-order valence-corrected chi connectivity index (χ4v) is 3.45. The molecule has 9 nitrogen and oxygen atoms in total. The van der Waals surface area contributed by atoms with E-state index in [1.54, 1.807) is 12.5 Å². The first kappa shape index (κ1) is 15.2. The van der Waals surface area contributed by atoms with Gasteiger partial charge in [-0.2, -0.15) is 0 Å². The van der Waals surface area contributed by atoms with Crippen molar-refractivity contribution >= 4 is 22.5 Å². The molecule has 0 atom stereocenters. The van der Waals surface area contributed by atoms with Crippen molar-refractivity contribution < 1.29 is 4.74 Å². The molecule has 1 fully saturated rings. The fraction of sp³-hybridized carbons (Fsp3) is 0.353. The quantitative estimate of drug-likeness (QED) is 0.514. The average molecular weight is 351 g/mol. The van der Waals surface area contributed by atoms with Crippen molar-refractivity contribution in [2.24, 2.45) is 5.92 Å². The van der Waals surface area contributed by atoms with E-state index in [2.05, 4.69) is 29.9 Å². The Morgan fingerprint density at radius 1 is 1.12 bits per heavy atom. The van der Waals surface area contributed by atoms with Gasteiger partial charge < -0.3 is 9.72 Å². The summed E-state index contributed by atoms with van der Waals surface area (Å²) in [5.74, 6) is 0.490. The summed E-state index contributed by atoms with van der Waals surface area (Å²) in [5.41, 5.74) is 4.56. The van der Waals surface area contributed by atoms with Crippen molar-refractivity contribution in [1.29, 1.82) is 0 Å². The van der Waals surface area contributed by atoms with E-state index in [9.17, 15) is 4.79 Å². The molecule has 0 saturated carbocycles. The second-order valence-corrected chi connectivity index (χ2v) is 6.55. The number of fused-ring (bicyclic) bond motifs is 2. The van der Waals surface area contributed by atoms with Crippen molar-refractivity contribution in [1.82, 2.24) is 34.9 Å². The zero-order chi connectivity index (χ0) is 17.5. The summed E-state index contributed by atoms with van der Waals surface area (Å²) >= 11 is 0. The van der Waals surface area contributed by atoms with Gasteiger partial charge in [-0.1, -0.05) is 0 Å². The number of H-pyrrole nitrogens is 3. The molecule has 0 radical (unpaired) electrons. The van der Waals surface area contributed by atoms with Crippen LogP contribution >= 0.6 is 0 Å². The van der Waals surface area contributed by atoms with Crippen LogP contribution in [0.15, 0.2) is 23.4 Å². The number of rotatable bonds is 3. The molecule has 3 N–H and O–H groups in total. The summed E-state index contributed by atoms with van der Waals surface area (Å²) in [6.45, 7) is 1.55. The van der Waals surface area contributed by atoms with Gasteiger partial charge in [0.05, 0.1) is 23.2 Å². The minimum Gasteiger partial charge on any atom is -0.381 e. The zero-order valence-electron chi connectivity index (χ0n) is 14.0. The number of nitrogens with one attached hydrogen (secondary N) is 3. The summed E-state index contributed by atoms with van der Waals surface area (Å²) in [7, 11) is 0. The number of ether oxygens (including phenoxy) is 1. The Labute approximate surface area is 147 Å². The third kappa shape index (κ3) is 2.66. The molecule has 0 unspecified atom stereocenters.